The lowest BCUT2D eigenvalue weighted by molar-refractivity contribution is -0.117. The molecule has 174 valence electrons. The van der Waals surface area contributed by atoms with Crippen LogP contribution in [0.4, 0.5) is 15.8 Å². The number of amides is 2. The summed E-state index contributed by atoms with van der Waals surface area (Å²) in [5, 5.41) is 14.7. The first kappa shape index (κ1) is 22.8. The van der Waals surface area contributed by atoms with Gasteiger partial charge in [0, 0.05) is 23.7 Å². The topological polar surface area (TPSA) is 111 Å². The van der Waals surface area contributed by atoms with Gasteiger partial charge in [-0.1, -0.05) is 19.9 Å². The summed E-state index contributed by atoms with van der Waals surface area (Å²) in [5.74, 6) is -1.14. The molecular formula is C24H23FN6O3. The van der Waals surface area contributed by atoms with Crippen LogP contribution in [-0.2, 0) is 16.1 Å². The lowest BCUT2D eigenvalue weighted by Gasteiger charge is -2.13. The number of aromatic nitrogens is 4. The van der Waals surface area contributed by atoms with Crippen LogP contribution in [0.1, 0.15) is 32.4 Å². The average molecular weight is 462 g/mol. The lowest BCUT2D eigenvalue weighted by atomic mass is 10.1. The maximum Gasteiger partial charge on any atom is 0.293 e. The number of fused-ring (bicyclic) bond motifs is 1. The Balaban J connectivity index is 1.70. The van der Waals surface area contributed by atoms with E-state index in [1.165, 1.54) is 35.9 Å². The van der Waals surface area contributed by atoms with Crippen molar-refractivity contribution in [3.63, 3.8) is 0 Å². The van der Waals surface area contributed by atoms with Gasteiger partial charge in [0.1, 0.15) is 17.9 Å². The first-order chi connectivity index (χ1) is 16.2. The van der Waals surface area contributed by atoms with Crippen LogP contribution in [0, 0.1) is 5.82 Å². The molecule has 2 aromatic carbocycles. The van der Waals surface area contributed by atoms with Crippen molar-refractivity contribution in [1.29, 1.82) is 0 Å². The largest absolute Gasteiger partial charge is 0.326 e. The van der Waals surface area contributed by atoms with Crippen molar-refractivity contribution in [3.8, 4) is 5.69 Å². The Labute approximate surface area is 194 Å². The highest BCUT2D eigenvalue weighted by Gasteiger charge is 2.20. The Kier molecular flexibility index (Phi) is 6.22. The molecule has 0 aliphatic heterocycles. The molecule has 9 nitrogen and oxygen atoms in total. The molecule has 0 aliphatic carbocycles. The Hall–Kier alpha value is -4.34. The molecule has 0 atom stereocenters. The summed E-state index contributed by atoms with van der Waals surface area (Å²) in [6.07, 6.45) is 1.56. The minimum atomic E-state index is -0.497. The zero-order valence-electron chi connectivity index (χ0n) is 18.9. The fourth-order valence-corrected chi connectivity index (χ4v) is 3.62. The minimum absolute atomic E-state index is 0.0439. The van der Waals surface area contributed by atoms with Gasteiger partial charge in [0.05, 0.1) is 17.6 Å². The number of hydrogen-bond acceptors (Lipinski definition) is 5. The fourth-order valence-electron chi connectivity index (χ4n) is 3.62. The molecule has 0 saturated carbocycles. The van der Waals surface area contributed by atoms with E-state index in [1.807, 2.05) is 13.8 Å². The van der Waals surface area contributed by atoms with Gasteiger partial charge in [-0.2, -0.15) is 10.2 Å². The summed E-state index contributed by atoms with van der Waals surface area (Å²) in [5.41, 5.74) is 1.89. The van der Waals surface area contributed by atoms with Crippen molar-refractivity contribution >= 4 is 34.1 Å². The van der Waals surface area contributed by atoms with Gasteiger partial charge in [0.15, 0.2) is 0 Å². The molecule has 4 aromatic rings. The number of hydrogen-bond donors (Lipinski definition) is 2. The third kappa shape index (κ3) is 4.70. The molecule has 0 bridgehead atoms. The Morgan fingerprint density at radius 1 is 1.06 bits per heavy atom. The molecule has 0 radical (unpaired) electrons. The number of halogens is 1. The first-order valence-electron chi connectivity index (χ1n) is 10.6. The van der Waals surface area contributed by atoms with E-state index in [9.17, 15) is 18.8 Å². The van der Waals surface area contributed by atoms with Gasteiger partial charge in [-0.3, -0.25) is 14.4 Å². The second kappa shape index (κ2) is 9.26. The SMILES string of the molecule is CC(=O)Nc1cccc(NC(=O)Cn2nc(C(C)C)c3cnn(-c4ccc(F)cc4)c3c2=O)c1. The van der Waals surface area contributed by atoms with Crippen LogP contribution in [-0.4, -0.2) is 31.4 Å². The average Bonchev–Trinajstić information content (AvgIpc) is 3.21. The molecule has 4 rings (SSSR count). The van der Waals surface area contributed by atoms with Crippen molar-refractivity contribution in [2.24, 2.45) is 0 Å². The number of carbonyl (C=O) groups excluding carboxylic acids is 2. The standard InChI is InChI=1S/C24H23FN6O3/c1-14(2)22-20-12-26-31(19-9-7-16(25)8-10-19)23(20)24(34)30(29-22)13-21(33)28-18-6-4-5-17(11-18)27-15(3)32/h4-12,14H,13H2,1-3H3,(H,27,32)(H,28,33). The predicted molar refractivity (Wildman–Crippen MR) is 127 cm³/mol. The van der Waals surface area contributed by atoms with Gasteiger partial charge >= 0.3 is 0 Å². The summed E-state index contributed by atoms with van der Waals surface area (Å²) in [4.78, 5) is 37.4. The van der Waals surface area contributed by atoms with Gasteiger partial charge < -0.3 is 10.6 Å². The summed E-state index contributed by atoms with van der Waals surface area (Å²) in [6, 6.07) is 12.3. The van der Waals surface area contributed by atoms with Crippen molar-refractivity contribution in [2.45, 2.75) is 33.2 Å². The fraction of sp³-hybridized carbons (Fsp3) is 0.208. The maximum atomic E-state index is 13.4. The van der Waals surface area contributed by atoms with E-state index in [4.69, 9.17) is 0 Å². The highest BCUT2D eigenvalue weighted by Crippen LogP contribution is 2.23. The number of nitrogens with one attached hydrogen (secondary N) is 2. The highest BCUT2D eigenvalue weighted by atomic mass is 19.1. The van der Waals surface area contributed by atoms with Crippen LogP contribution in [0.5, 0.6) is 0 Å². The Morgan fingerprint density at radius 2 is 1.74 bits per heavy atom. The molecule has 2 heterocycles. The minimum Gasteiger partial charge on any atom is -0.326 e. The highest BCUT2D eigenvalue weighted by molar-refractivity contribution is 5.93. The van der Waals surface area contributed by atoms with Gasteiger partial charge in [0.25, 0.3) is 5.56 Å². The summed E-state index contributed by atoms with van der Waals surface area (Å²) < 4.78 is 15.9. The molecule has 0 spiro atoms. The first-order valence-corrected chi connectivity index (χ1v) is 10.6. The summed E-state index contributed by atoms with van der Waals surface area (Å²) in [6.45, 7) is 4.93. The monoisotopic (exact) mass is 462 g/mol. The Bertz CT molecular complexity index is 1440. The second-order valence-corrected chi connectivity index (χ2v) is 8.11. The van der Waals surface area contributed by atoms with E-state index < -0.39 is 17.3 Å². The summed E-state index contributed by atoms with van der Waals surface area (Å²) in [7, 11) is 0. The third-order valence-corrected chi connectivity index (χ3v) is 5.09. The predicted octanol–water partition coefficient (Wildman–Crippen LogP) is 3.44. The van der Waals surface area contributed by atoms with Crippen molar-refractivity contribution in [2.75, 3.05) is 10.6 Å². The van der Waals surface area contributed by atoms with Gasteiger partial charge in [0.2, 0.25) is 11.8 Å². The number of rotatable bonds is 6. The molecule has 2 aromatic heterocycles. The zero-order chi connectivity index (χ0) is 24.4. The van der Waals surface area contributed by atoms with Crippen LogP contribution in [0.2, 0.25) is 0 Å². The van der Waals surface area contributed by atoms with E-state index in [0.717, 1.165) is 4.68 Å². The molecule has 10 heteroatoms. The van der Waals surface area contributed by atoms with Crippen molar-refractivity contribution in [3.05, 3.63) is 76.6 Å². The van der Waals surface area contributed by atoms with Crippen LogP contribution < -0.4 is 16.2 Å². The molecule has 2 amide bonds. The number of nitrogens with zero attached hydrogens (tertiary/aromatic N) is 4. The van der Waals surface area contributed by atoms with Crippen molar-refractivity contribution in [1.82, 2.24) is 19.6 Å². The molecule has 0 unspecified atom stereocenters. The maximum absolute atomic E-state index is 13.4. The van der Waals surface area contributed by atoms with Crippen molar-refractivity contribution < 1.29 is 14.0 Å². The Morgan fingerprint density at radius 3 is 2.38 bits per heavy atom. The number of benzene rings is 2. The van der Waals surface area contributed by atoms with E-state index >= 15 is 0 Å². The molecule has 0 saturated heterocycles. The van der Waals surface area contributed by atoms with E-state index in [1.54, 1.807) is 30.5 Å². The molecule has 0 fully saturated rings. The smallest absolute Gasteiger partial charge is 0.293 e. The van der Waals surface area contributed by atoms with Gasteiger partial charge in [-0.15, -0.1) is 0 Å². The number of anilines is 2. The van der Waals surface area contributed by atoms with E-state index in [2.05, 4.69) is 20.8 Å². The van der Waals surface area contributed by atoms with Gasteiger partial charge in [-0.05, 0) is 48.4 Å². The van der Waals surface area contributed by atoms with Crippen LogP contribution in [0.25, 0.3) is 16.6 Å². The lowest BCUT2D eigenvalue weighted by Crippen LogP contribution is -2.31. The molecular weight excluding hydrogens is 439 g/mol. The second-order valence-electron chi connectivity index (χ2n) is 8.11. The summed E-state index contributed by atoms with van der Waals surface area (Å²) >= 11 is 0. The third-order valence-electron chi connectivity index (χ3n) is 5.09. The van der Waals surface area contributed by atoms with Gasteiger partial charge in [-0.25, -0.2) is 13.8 Å². The van der Waals surface area contributed by atoms with E-state index in [-0.39, 0.29) is 23.9 Å². The normalized spacial score (nSPS) is 11.1. The van der Waals surface area contributed by atoms with Crippen LogP contribution >= 0.6 is 0 Å². The molecule has 34 heavy (non-hydrogen) atoms. The molecule has 2 N–H and O–H groups in total. The quantitative estimate of drug-likeness (QED) is 0.456. The molecule has 0 aliphatic rings. The zero-order valence-corrected chi connectivity index (χ0v) is 18.9. The van der Waals surface area contributed by atoms with Crippen LogP contribution in [0.15, 0.2) is 59.5 Å². The van der Waals surface area contributed by atoms with E-state index in [0.29, 0.717) is 28.1 Å². The van der Waals surface area contributed by atoms with Crippen LogP contribution in [0.3, 0.4) is 0 Å². The number of carbonyl (C=O) groups is 2.